The van der Waals surface area contributed by atoms with E-state index in [1.807, 2.05) is 31.2 Å². The number of anilines is 1. The summed E-state index contributed by atoms with van der Waals surface area (Å²) in [6.07, 6.45) is 0. The number of carbonyl (C=O) groups is 1. The average molecular weight is 303 g/mol. The van der Waals surface area contributed by atoms with E-state index in [1.165, 1.54) is 12.1 Å². The average Bonchev–Trinajstić information content (AvgIpc) is 2.59. The fourth-order valence-corrected chi connectivity index (χ4v) is 2.43. The van der Waals surface area contributed by atoms with Crippen molar-refractivity contribution >= 4 is 28.1 Å². The van der Waals surface area contributed by atoms with Gasteiger partial charge in [0, 0.05) is 5.56 Å². The van der Waals surface area contributed by atoms with Crippen LogP contribution in [0.15, 0.2) is 71.8 Å². The molecule has 0 aromatic heterocycles. The molecule has 3 aromatic carbocycles. The second kappa shape index (κ2) is 6.32. The number of hydrogen-bond acceptors (Lipinski definition) is 4. The zero-order valence-corrected chi connectivity index (χ0v) is 12.6. The molecule has 114 valence electrons. The van der Waals surface area contributed by atoms with Crippen molar-refractivity contribution < 1.29 is 9.90 Å². The Labute approximate surface area is 134 Å². The maximum Gasteiger partial charge on any atom is 0.0715 e. The molecule has 0 fully saturated rings. The molecule has 0 saturated heterocycles. The predicted octanol–water partition coefficient (Wildman–Crippen LogP) is 3.04. The lowest BCUT2D eigenvalue weighted by Gasteiger charge is -2.08. The Bertz CT molecular complexity index is 878. The van der Waals surface area contributed by atoms with Gasteiger partial charge in [0.1, 0.15) is 0 Å². The second-order valence-electron chi connectivity index (χ2n) is 5.20. The number of hydrogen-bond donors (Lipinski definition) is 1. The van der Waals surface area contributed by atoms with Crippen LogP contribution < -0.4 is 10.5 Å². The zero-order valence-electron chi connectivity index (χ0n) is 12.6. The van der Waals surface area contributed by atoms with Gasteiger partial charge in [0.15, 0.2) is 0 Å². The number of benzene rings is 3. The molecular weight excluding hydrogens is 288 g/mol. The van der Waals surface area contributed by atoms with E-state index < -0.39 is 5.97 Å². The second-order valence-corrected chi connectivity index (χ2v) is 5.20. The Morgan fingerprint density at radius 3 is 2.39 bits per heavy atom. The first-order chi connectivity index (χ1) is 11.1. The van der Waals surface area contributed by atoms with Gasteiger partial charge in [0.2, 0.25) is 0 Å². The first-order valence-corrected chi connectivity index (χ1v) is 7.25. The van der Waals surface area contributed by atoms with Crippen LogP contribution in [-0.4, -0.2) is 11.7 Å². The van der Waals surface area contributed by atoms with Crippen LogP contribution in [0.4, 0.5) is 5.69 Å². The van der Waals surface area contributed by atoms with E-state index in [2.05, 4.69) is 28.7 Å². The standard InChI is InChI=1S/C19H16N2O2/c1-13(17-8-4-6-14-5-2-3-7-18(14)17)20-21-16-11-9-15(10-12-16)19(22)23/h2-12,21H,1H3,(H,22,23)/p-1/b20-13+. The monoisotopic (exact) mass is 303 g/mol. The van der Waals surface area contributed by atoms with E-state index in [0.29, 0.717) is 0 Å². The molecule has 0 aliphatic heterocycles. The van der Waals surface area contributed by atoms with Crippen LogP contribution in [0, 0.1) is 0 Å². The maximum atomic E-state index is 10.7. The number of carboxylic acids is 1. The molecule has 0 unspecified atom stereocenters. The van der Waals surface area contributed by atoms with Gasteiger partial charge in [0.25, 0.3) is 0 Å². The number of fused-ring (bicyclic) bond motifs is 1. The van der Waals surface area contributed by atoms with Gasteiger partial charge in [-0.15, -0.1) is 0 Å². The third-order valence-electron chi connectivity index (χ3n) is 3.65. The number of rotatable bonds is 4. The quantitative estimate of drug-likeness (QED) is 0.595. The van der Waals surface area contributed by atoms with Crippen molar-refractivity contribution in [2.75, 3.05) is 5.43 Å². The van der Waals surface area contributed by atoms with Crippen LogP contribution in [0.3, 0.4) is 0 Å². The van der Waals surface area contributed by atoms with Crippen molar-refractivity contribution in [1.29, 1.82) is 0 Å². The van der Waals surface area contributed by atoms with E-state index in [1.54, 1.807) is 12.1 Å². The Kier molecular flexibility index (Phi) is 4.06. The van der Waals surface area contributed by atoms with E-state index in [9.17, 15) is 9.90 Å². The predicted molar refractivity (Wildman–Crippen MR) is 90.6 cm³/mol. The highest BCUT2D eigenvalue weighted by Gasteiger charge is 2.03. The number of nitrogens with one attached hydrogen (secondary N) is 1. The van der Waals surface area contributed by atoms with Gasteiger partial charge < -0.3 is 9.90 Å². The molecule has 0 heterocycles. The van der Waals surface area contributed by atoms with E-state index in [4.69, 9.17) is 0 Å². The largest absolute Gasteiger partial charge is 0.545 e. The van der Waals surface area contributed by atoms with Crippen LogP contribution >= 0.6 is 0 Å². The summed E-state index contributed by atoms with van der Waals surface area (Å²) in [5, 5.41) is 17.4. The fraction of sp³-hybridized carbons (Fsp3) is 0.0526. The van der Waals surface area contributed by atoms with Gasteiger partial charge in [0.05, 0.1) is 17.4 Å². The third kappa shape index (κ3) is 3.21. The van der Waals surface area contributed by atoms with Gasteiger partial charge in [-0.3, -0.25) is 5.43 Å². The van der Waals surface area contributed by atoms with Crippen molar-refractivity contribution in [2.45, 2.75) is 6.92 Å². The van der Waals surface area contributed by atoms with Crippen LogP contribution in [0.25, 0.3) is 10.8 Å². The molecule has 0 atom stereocenters. The normalized spacial score (nSPS) is 11.4. The molecule has 4 heteroatoms. The smallest absolute Gasteiger partial charge is 0.0715 e. The maximum absolute atomic E-state index is 10.7. The van der Waals surface area contributed by atoms with Crippen molar-refractivity contribution in [3.8, 4) is 0 Å². The Morgan fingerprint density at radius 1 is 0.957 bits per heavy atom. The lowest BCUT2D eigenvalue weighted by molar-refractivity contribution is -0.255. The lowest BCUT2D eigenvalue weighted by Crippen LogP contribution is -2.21. The van der Waals surface area contributed by atoms with Crippen LogP contribution in [0.1, 0.15) is 22.8 Å². The van der Waals surface area contributed by atoms with Gasteiger partial charge in [-0.1, -0.05) is 54.6 Å². The molecule has 0 aliphatic carbocycles. The molecule has 3 aromatic rings. The summed E-state index contributed by atoms with van der Waals surface area (Å²) < 4.78 is 0. The number of carboxylic acid groups (broad SMARTS) is 1. The van der Waals surface area contributed by atoms with E-state index in [0.717, 1.165) is 27.7 Å². The Hall–Kier alpha value is -3.14. The van der Waals surface area contributed by atoms with Gasteiger partial charge >= 0.3 is 0 Å². The summed E-state index contributed by atoms with van der Waals surface area (Å²) in [6.45, 7) is 1.93. The highest BCUT2D eigenvalue weighted by Crippen LogP contribution is 2.19. The molecule has 0 saturated carbocycles. The molecule has 0 radical (unpaired) electrons. The minimum Gasteiger partial charge on any atom is -0.545 e. The zero-order chi connectivity index (χ0) is 16.2. The first-order valence-electron chi connectivity index (χ1n) is 7.25. The first kappa shape index (κ1) is 14.8. The molecule has 0 aliphatic rings. The number of carbonyl (C=O) groups excluding carboxylic acids is 1. The fourth-order valence-electron chi connectivity index (χ4n) is 2.43. The summed E-state index contributed by atoms with van der Waals surface area (Å²) in [7, 11) is 0. The van der Waals surface area contributed by atoms with Gasteiger partial charge in [-0.2, -0.15) is 5.10 Å². The van der Waals surface area contributed by atoms with Gasteiger partial charge in [-0.25, -0.2) is 0 Å². The Morgan fingerprint density at radius 2 is 1.65 bits per heavy atom. The lowest BCUT2D eigenvalue weighted by atomic mass is 10.0. The van der Waals surface area contributed by atoms with Crippen molar-refractivity contribution in [3.05, 3.63) is 77.9 Å². The molecular formula is C19H15N2O2-. The molecule has 23 heavy (non-hydrogen) atoms. The van der Waals surface area contributed by atoms with Crippen LogP contribution in [-0.2, 0) is 0 Å². The number of aromatic carboxylic acids is 1. The molecule has 1 N–H and O–H groups in total. The van der Waals surface area contributed by atoms with E-state index >= 15 is 0 Å². The van der Waals surface area contributed by atoms with Crippen molar-refractivity contribution in [1.82, 2.24) is 0 Å². The molecule has 3 rings (SSSR count). The Balaban J connectivity index is 1.85. The number of nitrogens with zero attached hydrogens (tertiary/aromatic N) is 1. The summed E-state index contributed by atoms with van der Waals surface area (Å²) in [5.41, 5.74) is 5.72. The number of hydrazone groups is 1. The SMILES string of the molecule is C/C(=N\Nc1ccc(C(=O)[O-])cc1)c1cccc2ccccc12. The van der Waals surface area contributed by atoms with Gasteiger partial charge in [-0.05, 0) is 35.4 Å². The molecule has 4 nitrogen and oxygen atoms in total. The molecule has 0 spiro atoms. The van der Waals surface area contributed by atoms with Crippen molar-refractivity contribution in [3.63, 3.8) is 0 Å². The third-order valence-corrected chi connectivity index (χ3v) is 3.65. The van der Waals surface area contributed by atoms with E-state index in [-0.39, 0.29) is 5.56 Å². The highest BCUT2D eigenvalue weighted by molar-refractivity contribution is 6.09. The topological polar surface area (TPSA) is 64.5 Å². The highest BCUT2D eigenvalue weighted by atomic mass is 16.4. The summed E-state index contributed by atoms with van der Waals surface area (Å²) in [5.74, 6) is -1.19. The summed E-state index contributed by atoms with van der Waals surface area (Å²) in [4.78, 5) is 10.7. The van der Waals surface area contributed by atoms with Crippen LogP contribution in [0.5, 0.6) is 0 Å². The summed E-state index contributed by atoms with van der Waals surface area (Å²) in [6, 6.07) is 20.5. The minimum atomic E-state index is -1.19. The van der Waals surface area contributed by atoms with Crippen LogP contribution in [0.2, 0.25) is 0 Å². The van der Waals surface area contributed by atoms with Crippen molar-refractivity contribution in [2.24, 2.45) is 5.10 Å². The minimum absolute atomic E-state index is 0.144. The molecule has 0 amide bonds. The summed E-state index contributed by atoms with van der Waals surface area (Å²) >= 11 is 0. The molecule has 0 bridgehead atoms.